The van der Waals surface area contributed by atoms with E-state index in [2.05, 4.69) is 20.7 Å². The highest BCUT2D eigenvalue weighted by atomic mass is 19.4. The lowest BCUT2D eigenvalue weighted by molar-refractivity contribution is -0.137. The number of hydrogen-bond donors (Lipinski definition) is 2. The van der Waals surface area contributed by atoms with E-state index >= 15 is 0 Å². The number of hydrogen-bond acceptors (Lipinski definition) is 5. The largest absolute Gasteiger partial charge is 0.488 e. The lowest BCUT2D eigenvalue weighted by Gasteiger charge is -2.15. The maximum absolute atomic E-state index is 12.9. The smallest absolute Gasteiger partial charge is 0.439 e. The van der Waals surface area contributed by atoms with Crippen molar-refractivity contribution in [2.45, 2.75) is 32.0 Å². The van der Waals surface area contributed by atoms with Crippen molar-refractivity contribution in [2.75, 3.05) is 0 Å². The molecule has 0 amide bonds. The topological polar surface area (TPSA) is 105 Å². The molecule has 5 aromatic carbocycles. The van der Waals surface area contributed by atoms with E-state index in [1.807, 2.05) is 91.0 Å². The molecule has 51 heavy (non-hydrogen) atoms. The van der Waals surface area contributed by atoms with E-state index in [9.17, 15) is 27.9 Å². The van der Waals surface area contributed by atoms with Crippen LogP contribution in [0.3, 0.4) is 0 Å². The quantitative estimate of drug-likeness (QED) is 0.125. The lowest BCUT2D eigenvalue weighted by Crippen LogP contribution is -2.05. The van der Waals surface area contributed by atoms with Crippen LogP contribution in [0.1, 0.15) is 44.6 Å². The summed E-state index contributed by atoms with van der Waals surface area (Å²) in [6.45, 7) is 0.301. The van der Waals surface area contributed by atoms with Gasteiger partial charge in [0.1, 0.15) is 12.4 Å². The molecule has 258 valence electrons. The molecule has 0 aliphatic heterocycles. The predicted octanol–water partition coefficient (Wildman–Crippen LogP) is 9.50. The number of H-pyrrole nitrogens is 1. The van der Waals surface area contributed by atoms with E-state index < -0.39 is 23.5 Å². The molecular formula is C41H33F3N2O5. The fourth-order valence-electron chi connectivity index (χ4n) is 5.68. The van der Waals surface area contributed by atoms with E-state index in [1.165, 1.54) is 12.1 Å². The summed E-state index contributed by atoms with van der Waals surface area (Å²) in [5.41, 5.74) is 5.73. The molecular weight excluding hydrogens is 657 g/mol. The summed E-state index contributed by atoms with van der Waals surface area (Å²) in [5, 5.41) is 13.1. The van der Waals surface area contributed by atoms with E-state index in [0.29, 0.717) is 30.2 Å². The van der Waals surface area contributed by atoms with Crippen LogP contribution < -0.4 is 10.5 Å². The summed E-state index contributed by atoms with van der Waals surface area (Å²) in [5.74, 6) is -0.402. The Morgan fingerprint density at radius 3 is 2.04 bits per heavy atom. The minimum absolute atomic E-state index is 0.109. The Balaban J connectivity index is 1.13. The van der Waals surface area contributed by atoms with E-state index in [-0.39, 0.29) is 11.5 Å². The number of carbonyl (C=O) groups is 1. The van der Waals surface area contributed by atoms with Gasteiger partial charge in [-0.3, -0.25) is 9.51 Å². The molecule has 1 heterocycles. The number of rotatable bonds is 13. The number of para-hydroxylation sites is 1. The third kappa shape index (κ3) is 9.30. The average molecular weight is 691 g/mol. The molecule has 7 nitrogen and oxygen atoms in total. The number of aromatic carboxylic acids is 1. The second kappa shape index (κ2) is 15.6. The number of alkyl halides is 3. The molecule has 10 heteroatoms. The van der Waals surface area contributed by atoms with E-state index in [4.69, 9.17) is 4.74 Å². The molecule has 6 aromatic rings. The summed E-state index contributed by atoms with van der Waals surface area (Å²) >= 11 is 0. The van der Waals surface area contributed by atoms with Crippen molar-refractivity contribution in [1.29, 1.82) is 0 Å². The van der Waals surface area contributed by atoms with E-state index in [0.717, 1.165) is 58.4 Å². The summed E-state index contributed by atoms with van der Waals surface area (Å²) in [6, 6.07) is 35.0. The Morgan fingerprint density at radius 1 is 0.804 bits per heavy atom. The third-order valence-corrected chi connectivity index (χ3v) is 8.53. The van der Waals surface area contributed by atoms with Crippen LogP contribution in [0.25, 0.3) is 28.6 Å². The summed E-state index contributed by atoms with van der Waals surface area (Å²) in [4.78, 5) is 25.3. The number of aromatic amines is 1. The highest BCUT2D eigenvalue weighted by Gasteiger charge is 2.30. The Labute approximate surface area is 291 Å². The minimum atomic E-state index is -4.38. The Hall–Kier alpha value is -6.16. The van der Waals surface area contributed by atoms with Gasteiger partial charge in [0.2, 0.25) is 0 Å². The molecule has 0 spiro atoms. The summed E-state index contributed by atoms with van der Waals surface area (Å²) in [6.07, 6.45) is 2.11. The fraction of sp³-hybridized carbons (Fsp3) is 0.146. The first-order valence-electron chi connectivity index (χ1n) is 16.2. The number of halogens is 3. The van der Waals surface area contributed by atoms with Gasteiger partial charge in [-0.15, -0.1) is 0 Å². The maximum atomic E-state index is 12.9. The molecule has 0 aliphatic carbocycles. The van der Waals surface area contributed by atoms with Gasteiger partial charge in [-0.05, 0) is 83.3 Å². The first-order chi connectivity index (χ1) is 24.6. The van der Waals surface area contributed by atoms with Crippen molar-refractivity contribution >= 4 is 12.0 Å². The molecule has 0 fully saturated rings. The molecule has 0 bridgehead atoms. The second-order valence-electron chi connectivity index (χ2n) is 12.1. The van der Waals surface area contributed by atoms with Crippen molar-refractivity contribution in [2.24, 2.45) is 5.92 Å². The fourth-order valence-corrected chi connectivity index (χ4v) is 5.68. The van der Waals surface area contributed by atoms with Gasteiger partial charge in [0.05, 0.1) is 11.1 Å². The zero-order valence-corrected chi connectivity index (χ0v) is 27.3. The summed E-state index contributed by atoms with van der Waals surface area (Å²) < 4.78 is 49.7. The van der Waals surface area contributed by atoms with Gasteiger partial charge in [0.25, 0.3) is 0 Å². The highest BCUT2D eigenvalue weighted by molar-refractivity contribution is 5.87. The van der Waals surface area contributed by atoms with Gasteiger partial charge < -0.3 is 9.84 Å². The number of carboxylic acid groups (broad SMARTS) is 1. The van der Waals surface area contributed by atoms with Crippen LogP contribution in [0.5, 0.6) is 5.75 Å². The van der Waals surface area contributed by atoms with Gasteiger partial charge in [-0.1, -0.05) is 108 Å². The maximum Gasteiger partial charge on any atom is 0.439 e. The molecule has 6 rings (SSSR count). The van der Waals surface area contributed by atoms with Crippen LogP contribution >= 0.6 is 0 Å². The second-order valence-corrected chi connectivity index (χ2v) is 12.1. The number of carboxylic acids is 1. The minimum Gasteiger partial charge on any atom is -0.488 e. The highest BCUT2D eigenvalue weighted by Crippen LogP contribution is 2.31. The number of aromatic nitrogens is 2. The number of aryl methyl sites for hydroxylation is 1. The Bertz CT molecular complexity index is 2150. The molecule has 1 unspecified atom stereocenters. The molecule has 1 atom stereocenters. The van der Waals surface area contributed by atoms with Crippen molar-refractivity contribution in [3.63, 3.8) is 0 Å². The van der Waals surface area contributed by atoms with Gasteiger partial charge in [-0.25, -0.2) is 9.59 Å². The third-order valence-electron chi connectivity index (χ3n) is 8.53. The monoisotopic (exact) mass is 690 g/mol. The molecule has 2 N–H and O–H groups in total. The normalized spacial score (nSPS) is 12.2. The zero-order valence-electron chi connectivity index (χ0n) is 27.3. The van der Waals surface area contributed by atoms with Crippen LogP contribution in [-0.2, 0) is 25.6 Å². The lowest BCUT2D eigenvalue weighted by atomic mass is 9.91. The summed E-state index contributed by atoms with van der Waals surface area (Å²) in [7, 11) is 0. The van der Waals surface area contributed by atoms with Crippen molar-refractivity contribution in [3.8, 4) is 28.3 Å². The Kier molecular flexibility index (Phi) is 10.6. The van der Waals surface area contributed by atoms with Crippen molar-refractivity contribution < 1.29 is 32.3 Å². The van der Waals surface area contributed by atoms with Crippen molar-refractivity contribution in [3.05, 3.63) is 171 Å². The number of benzene rings is 5. The number of nitrogens with one attached hydrogen (secondary N) is 1. The number of ether oxygens (including phenoxy) is 1. The number of allylic oxidation sites excluding steroid dienone is 1. The molecule has 1 aromatic heterocycles. The first kappa shape index (κ1) is 34.7. The molecule has 0 saturated heterocycles. The zero-order chi connectivity index (χ0) is 35.8. The average Bonchev–Trinajstić information content (AvgIpc) is 3.58. The SMILES string of the molecule is O=C(O)c1ccc(CC(/C=C\c2ccccc2OCc2ccc(-c3ccc(C(F)(F)F)cc3)cc2)CCc2ccc(-c3noc(=O)[nH]3)cc2)cc1. The van der Waals surface area contributed by atoms with Gasteiger partial charge in [0.15, 0.2) is 5.82 Å². The van der Waals surface area contributed by atoms with E-state index in [1.54, 1.807) is 12.1 Å². The van der Waals surface area contributed by atoms with Gasteiger partial charge in [0, 0.05) is 11.1 Å². The standard InChI is InChI=1S/C41H33F3N2O5/c42-41(43,44)36-23-21-32(22-24-36)31-14-12-30(13-15-31)26-50-37-4-2-1-3-33(37)16-9-28(25-29-10-19-35(20-11-29)39(47)48)6-5-27-7-17-34(18-8-27)38-45-40(49)51-46-38/h1-4,7-24,28H,5-6,25-26H2,(H,47,48)(H,45,46,49)/b16-9-. The number of nitrogens with zero attached hydrogens (tertiary/aromatic N) is 1. The Morgan fingerprint density at radius 2 is 1.41 bits per heavy atom. The van der Waals surface area contributed by atoms with Crippen LogP contribution in [0.2, 0.25) is 0 Å². The van der Waals surface area contributed by atoms with Crippen molar-refractivity contribution in [1.82, 2.24) is 10.1 Å². The van der Waals surface area contributed by atoms with Gasteiger partial charge >= 0.3 is 17.9 Å². The molecule has 0 aliphatic rings. The predicted molar refractivity (Wildman–Crippen MR) is 188 cm³/mol. The molecule has 0 radical (unpaired) electrons. The van der Waals surface area contributed by atoms with Crippen LogP contribution in [0, 0.1) is 5.92 Å². The molecule has 0 saturated carbocycles. The first-order valence-corrected chi connectivity index (χ1v) is 16.2. The van der Waals surface area contributed by atoms with Crippen LogP contribution in [-0.4, -0.2) is 21.2 Å². The van der Waals surface area contributed by atoms with Crippen LogP contribution in [0.4, 0.5) is 13.2 Å². The van der Waals surface area contributed by atoms with Crippen LogP contribution in [0.15, 0.2) is 137 Å². The van der Waals surface area contributed by atoms with Gasteiger partial charge in [-0.2, -0.15) is 13.2 Å².